The van der Waals surface area contributed by atoms with E-state index in [1.165, 1.54) is 24.3 Å². The molecule has 27 heavy (non-hydrogen) atoms. The molecule has 3 rings (SSSR count). The Morgan fingerprint density at radius 2 is 1.78 bits per heavy atom. The average molecular weight is 390 g/mol. The number of nitrogens with zero attached hydrogens (tertiary/aromatic N) is 2. The number of carbonyl (C=O) groups is 1. The van der Waals surface area contributed by atoms with Crippen LogP contribution in [0.5, 0.6) is 5.75 Å². The minimum Gasteiger partial charge on any atom is -0.506 e. The first kappa shape index (κ1) is 19.3. The van der Waals surface area contributed by atoms with Gasteiger partial charge in [-0.25, -0.2) is 4.31 Å². The Balaban J connectivity index is 1.97. The van der Waals surface area contributed by atoms with E-state index in [9.17, 15) is 22.9 Å². The van der Waals surface area contributed by atoms with Gasteiger partial charge in [0.25, 0.3) is 0 Å². The molecule has 7 nitrogen and oxygen atoms in total. The number of likely N-dealkylation sites (tertiary alicyclic amines) is 1. The number of ketones is 1. The van der Waals surface area contributed by atoms with Gasteiger partial charge in [0, 0.05) is 11.5 Å². The minimum absolute atomic E-state index is 0.0440. The van der Waals surface area contributed by atoms with Crippen molar-refractivity contribution in [2.24, 2.45) is 5.92 Å². The molecule has 0 aromatic heterocycles. The summed E-state index contributed by atoms with van der Waals surface area (Å²) in [6.07, 6.45) is 1.50. The highest BCUT2D eigenvalue weighted by Crippen LogP contribution is 2.35. The average Bonchev–Trinajstić information content (AvgIpc) is 2.63. The maximum absolute atomic E-state index is 12.8. The van der Waals surface area contributed by atoms with Crippen LogP contribution in [0, 0.1) is 5.92 Å². The molecule has 1 saturated heterocycles. The van der Waals surface area contributed by atoms with Crippen molar-refractivity contribution in [2.75, 3.05) is 24.4 Å². The van der Waals surface area contributed by atoms with E-state index in [-0.39, 0.29) is 28.8 Å². The summed E-state index contributed by atoms with van der Waals surface area (Å²) in [6.45, 7) is 1.68. The van der Waals surface area contributed by atoms with Gasteiger partial charge >= 0.3 is 10.3 Å². The van der Waals surface area contributed by atoms with Crippen molar-refractivity contribution in [2.45, 2.75) is 12.8 Å². The molecule has 2 aromatic carbocycles. The fourth-order valence-corrected chi connectivity index (χ4v) is 4.11. The zero-order valence-corrected chi connectivity index (χ0v) is 15.8. The third kappa shape index (κ3) is 4.29. The number of piperidine rings is 1. The molecule has 2 aromatic rings. The number of aromatic hydroxyl groups is 1. The van der Waals surface area contributed by atoms with Crippen molar-refractivity contribution in [1.29, 1.82) is 0 Å². The van der Waals surface area contributed by atoms with Crippen molar-refractivity contribution in [3.63, 3.8) is 0 Å². The smallest absolute Gasteiger partial charge is 0.364 e. The summed E-state index contributed by atoms with van der Waals surface area (Å²) in [4.78, 5) is 15.0. The summed E-state index contributed by atoms with van der Waals surface area (Å²) >= 11 is 0. The molecule has 0 radical (unpaired) electrons. The predicted octanol–water partition coefficient (Wildman–Crippen LogP) is 2.86. The number of hydrogen-bond acceptors (Lipinski definition) is 5. The summed E-state index contributed by atoms with van der Waals surface area (Å²) in [5.74, 6) is -0.458. The largest absolute Gasteiger partial charge is 0.506 e. The topological polar surface area (TPSA) is 98.2 Å². The number of benzene rings is 2. The SMILES string of the molecule is CN1CCC(C(=O)c2cccc(N(c3ccccc3O)S(=O)(=O)O)c2)CC1. The highest BCUT2D eigenvalue weighted by molar-refractivity contribution is 7.87. The maximum atomic E-state index is 12.8. The van der Waals surface area contributed by atoms with Crippen molar-refractivity contribution in [3.05, 3.63) is 54.1 Å². The second-order valence-corrected chi connectivity index (χ2v) is 7.98. The van der Waals surface area contributed by atoms with E-state index in [1.54, 1.807) is 24.3 Å². The number of hydrogen-bond donors (Lipinski definition) is 2. The Bertz CT molecular complexity index is 937. The minimum atomic E-state index is -4.71. The van der Waals surface area contributed by atoms with Gasteiger partial charge in [-0.3, -0.25) is 9.35 Å². The first-order valence-corrected chi connectivity index (χ1v) is 10.1. The van der Waals surface area contributed by atoms with Crippen LogP contribution in [0.3, 0.4) is 0 Å². The van der Waals surface area contributed by atoms with Gasteiger partial charge in [-0.05, 0) is 57.2 Å². The first-order valence-electron chi connectivity index (χ1n) is 8.66. The molecule has 0 atom stereocenters. The van der Waals surface area contributed by atoms with Crippen LogP contribution in [0.15, 0.2) is 48.5 Å². The van der Waals surface area contributed by atoms with Gasteiger partial charge in [-0.2, -0.15) is 8.42 Å². The van der Waals surface area contributed by atoms with Crippen LogP contribution < -0.4 is 4.31 Å². The lowest BCUT2D eigenvalue weighted by Crippen LogP contribution is -2.33. The standard InChI is InChI=1S/C19H22N2O5S/c1-20-11-9-14(10-12-20)19(23)15-5-4-6-16(13-15)21(27(24,25)26)17-7-2-3-8-18(17)22/h2-8,13-14,22H,9-12H2,1H3,(H,24,25,26). The van der Waals surface area contributed by atoms with Crippen LogP contribution in [-0.4, -0.2) is 48.9 Å². The number of Topliss-reactive ketones (excluding diaryl/α,β-unsaturated/α-hetero) is 1. The summed E-state index contributed by atoms with van der Waals surface area (Å²) in [5.41, 5.74) is 0.368. The van der Waals surface area contributed by atoms with Crippen molar-refractivity contribution in [3.8, 4) is 5.75 Å². The van der Waals surface area contributed by atoms with Gasteiger partial charge in [-0.15, -0.1) is 0 Å². The maximum Gasteiger partial charge on any atom is 0.364 e. The monoisotopic (exact) mass is 390 g/mol. The molecule has 0 unspecified atom stereocenters. The fraction of sp³-hybridized carbons (Fsp3) is 0.316. The summed E-state index contributed by atoms with van der Waals surface area (Å²) in [7, 11) is -2.70. The molecule has 1 fully saturated rings. The predicted molar refractivity (Wildman–Crippen MR) is 103 cm³/mol. The molecule has 1 aliphatic rings. The molecule has 1 heterocycles. The van der Waals surface area contributed by atoms with E-state index in [0.29, 0.717) is 9.87 Å². The molecule has 0 saturated carbocycles. The lowest BCUT2D eigenvalue weighted by atomic mass is 9.89. The van der Waals surface area contributed by atoms with Crippen molar-refractivity contribution < 1.29 is 22.9 Å². The van der Waals surface area contributed by atoms with E-state index in [0.717, 1.165) is 25.9 Å². The normalized spacial score (nSPS) is 16.2. The number of anilines is 2. The van der Waals surface area contributed by atoms with E-state index in [4.69, 9.17) is 0 Å². The summed E-state index contributed by atoms with van der Waals surface area (Å²) in [5, 5.41) is 10.0. The second kappa shape index (κ2) is 7.67. The van der Waals surface area contributed by atoms with Crippen molar-refractivity contribution >= 4 is 27.5 Å². The van der Waals surface area contributed by atoms with E-state index >= 15 is 0 Å². The molecule has 0 bridgehead atoms. The van der Waals surface area contributed by atoms with Crippen LogP contribution in [0.4, 0.5) is 11.4 Å². The third-order valence-corrected chi connectivity index (χ3v) is 5.65. The van der Waals surface area contributed by atoms with Gasteiger partial charge in [0.05, 0.1) is 5.69 Å². The highest BCUT2D eigenvalue weighted by atomic mass is 32.2. The summed E-state index contributed by atoms with van der Waals surface area (Å²) in [6, 6.07) is 11.9. The Hall–Kier alpha value is -2.42. The number of phenols is 1. The molecule has 8 heteroatoms. The van der Waals surface area contributed by atoms with Gasteiger partial charge in [-0.1, -0.05) is 24.3 Å². The number of phenolic OH excluding ortho intramolecular Hbond substituents is 1. The zero-order chi connectivity index (χ0) is 19.6. The van der Waals surface area contributed by atoms with Crippen LogP contribution in [-0.2, 0) is 10.3 Å². The van der Waals surface area contributed by atoms with E-state index in [2.05, 4.69) is 4.90 Å². The van der Waals surface area contributed by atoms with Crippen LogP contribution in [0.2, 0.25) is 0 Å². The highest BCUT2D eigenvalue weighted by Gasteiger charge is 2.28. The van der Waals surface area contributed by atoms with Crippen LogP contribution >= 0.6 is 0 Å². The molecule has 1 aliphatic heterocycles. The molecule has 2 N–H and O–H groups in total. The lowest BCUT2D eigenvalue weighted by molar-refractivity contribution is 0.0857. The first-order chi connectivity index (χ1) is 12.8. The molecule has 0 spiro atoms. The summed E-state index contributed by atoms with van der Waals surface area (Å²) < 4.78 is 34.3. The fourth-order valence-electron chi connectivity index (χ4n) is 3.32. The van der Waals surface area contributed by atoms with Gasteiger partial charge in [0.15, 0.2) is 5.78 Å². The molecular formula is C19H22N2O5S. The zero-order valence-electron chi connectivity index (χ0n) is 14.9. The Labute approximate surface area is 158 Å². The van der Waals surface area contributed by atoms with E-state index in [1.807, 2.05) is 7.05 Å². The Morgan fingerprint density at radius 1 is 1.11 bits per heavy atom. The quantitative estimate of drug-likeness (QED) is 0.602. The molecule has 144 valence electrons. The van der Waals surface area contributed by atoms with Crippen LogP contribution in [0.25, 0.3) is 0 Å². The number of carbonyl (C=O) groups excluding carboxylic acids is 1. The Kier molecular flexibility index (Phi) is 5.50. The molecule has 0 amide bonds. The Morgan fingerprint density at radius 3 is 2.41 bits per heavy atom. The van der Waals surface area contributed by atoms with Crippen molar-refractivity contribution in [1.82, 2.24) is 4.90 Å². The number of rotatable bonds is 5. The molecular weight excluding hydrogens is 368 g/mol. The lowest BCUT2D eigenvalue weighted by Gasteiger charge is -2.28. The van der Waals surface area contributed by atoms with Gasteiger partial charge in [0.2, 0.25) is 0 Å². The third-order valence-electron chi connectivity index (χ3n) is 4.79. The van der Waals surface area contributed by atoms with E-state index < -0.39 is 10.3 Å². The number of para-hydroxylation sites is 2. The second-order valence-electron chi connectivity index (χ2n) is 6.72. The van der Waals surface area contributed by atoms with Crippen LogP contribution in [0.1, 0.15) is 23.2 Å². The van der Waals surface area contributed by atoms with Gasteiger partial charge in [0.1, 0.15) is 11.4 Å². The molecule has 0 aliphatic carbocycles. The van der Waals surface area contributed by atoms with Gasteiger partial charge < -0.3 is 10.0 Å².